The highest BCUT2D eigenvalue weighted by Gasteiger charge is 2.07. The minimum Gasteiger partial charge on any atom is -0.508 e. The zero-order valence-electron chi connectivity index (χ0n) is 19.3. The average Bonchev–Trinajstić information content (AvgIpc) is 2.80. The van der Waals surface area contributed by atoms with Gasteiger partial charge in [-0.2, -0.15) is 0 Å². The van der Waals surface area contributed by atoms with E-state index in [9.17, 15) is 20.4 Å². The molecule has 0 bridgehead atoms. The summed E-state index contributed by atoms with van der Waals surface area (Å²) >= 11 is 0. The Balaban J connectivity index is 0.000000201. The molecular formula is C28H28O8. The predicted molar refractivity (Wildman–Crippen MR) is 134 cm³/mol. The molecule has 4 rings (SSSR count). The zero-order valence-corrected chi connectivity index (χ0v) is 19.3. The second-order valence-corrected chi connectivity index (χ2v) is 8.25. The number of benzene rings is 4. The van der Waals surface area contributed by atoms with Gasteiger partial charge in [-0.05, 0) is 72.2 Å². The number of hydrogen-bond donors (Lipinski definition) is 8. The molecule has 0 aliphatic rings. The lowest BCUT2D eigenvalue weighted by Crippen LogP contribution is -1.92. The summed E-state index contributed by atoms with van der Waals surface area (Å²) in [6.45, 7) is 0. The van der Waals surface area contributed by atoms with E-state index in [0.29, 0.717) is 47.9 Å². The Morgan fingerprint density at radius 2 is 0.500 bits per heavy atom. The fraction of sp³-hybridized carbons (Fsp3) is 0.143. The zero-order chi connectivity index (χ0) is 26.2. The number of aryl methyl sites for hydroxylation is 4. The van der Waals surface area contributed by atoms with Gasteiger partial charge in [-0.15, -0.1) is 0 Å². The highest BCUT2D eigenvalue weighted by atomic mass is 16.3. The molecule has 8 N–H and O–H groups in total. The van der Waals surface area contributed by atoms with Crippen molar-refractivity contribution in [2.24, 2.45) is 0 Å². The molecule has 188 valence electrons. The third kappa shape index (κ3) is 7.14. The molecule has 0 aliphatic carbocycles. The van der Waals surface area contributed by atoms with Crippen LogP contribution in [0.3, 0.4) is 0 Å². The summed E-state index contributed by atoms with van der Waals surface area (Å²) < 4.78 is 0. The van der Waals surface area contributed by atoms with Crippen molar-refractivity contribution in [3.8, 4) is 46.0 Å². The number of phenols is 8. The Kier molecular flexibility index (Phi) is 8.35. The molecule has 4 aromatic carbocycles. The van der Waals surface area contributed by atoms with E-state index in [4.69, 9.17) is 20.4 Å². The van der Waals surface area contributed by atoms with Gasteiger partial charge in [-0.3, -0.25) is 0 Å². The monoisotopic (exact) mass is 492 g/mol. The first kappa shape index (κ1) is 25.9. The van der Waals surface area contributed by atoms with Gasteiger partial charge in [0.25, 0.3) is 0 Å². The minimum absolute atomic E-state index is 0.0173. The molecule has 4 aromatic rings. The summed E-state index contributed by atoms with van der Waals surface area (Å²) in [5.41, 5.74) is 2.78. The van der Waals surface area contributed by atoms with Crippen LogP contribution in [0.15, 0.2) is 72.8 Å². The van der Waals surface area contributed by atoms with Crippen molar-refractivity contribution in [1.82, 2.24) is 0 Å². The lowest BCUT2D eigenvalue weighted by molar-refractivity contribution is 0.441. The first-order valence-electron chi connectivity index (χ1n) is 11.2. The third-order valence-corrected chi connectivity index (χ3v) is 5.60. The fourth-order valence-corrected chi connectivity index (χ4v) is 3.59. The fourth-order valence-electron chi connectivity index (χ4n) is 3.59. The van der Waals surface area contributed by atoms with E-state index in [0.717, 1.165) is 0 Å². The van der Waals surface area contributed by atoms with Gasteiger partial charge in [0, 0.05) is 24.3 Å². The standard InChI is InChI=1S/2C14H14O4/c2*15-11-5-3-9(13(17)7-11)1-2-10-4-6-12(16)8-14(10)18/h2*3-8,15-18H,1-2H2. The van der Waals surface area contributed by atoms with Crippen molar-refractivity contribution < 1.29 is 40.9 Å². The summed E-state index contributed by atoms with van der Waals surface area (Å²) in [7, 11) is 0. The average molecular weight is 493 g/mol. The van der Waals surface area contributed by atoms with E-state index in [1.165, 1.54) is 48.5 Å². The Morgan fingerprint density at radius 1 is 0.306 bits per heavy atom. The molecule has 8 nitrogen and oxygen atoms in total. The summed E-state index contributed by atoms with van der Waals surface area (Å²) in [6.07, 6.45) is 2.13. The van der Waals surface area contributed by atoms with E-state index in [1.807, 2.05) is 0 Å². The van der Waals surface area contributed by atoms with Gasteiger partial charge in [0.1, 0.15) is 46.0 Å². The molecule has 0 spiro atoms. The van der Waals surface area contributed by atoms with Crippen LogP contribution in [0, 0.1) is 0 Å². The Labute approximate surface area is 207 Å². The molecule has 0 amide bonds. The van der Waals surface area contributed by atoms with Crippen molar-refractivity contribution in [2.45, 2.75) is 25.7 Å². The van der Waals surface area contributed by atoms with E-state index in [1.54, 1.807) is 24.3 Å². The predicted octanol–water partition coefficient (Wildman–Crippen LogP) is 4.59. The van der Waals surface area contributed by atoms with Crippen molar-refractivity contribution in [1.29, 1.82) is 0 Å². The molecule has 8 heteroatoms. The van der Waals surface area contributed by atoms with E-state index < -0.39 is 0 Å². The maximum Gasteiger partial charge on any atom is 0.122 e. The molecule has 0 radical (unpaired) electrons. The molecule has 0 aliphatic heterocycles. The molecular weight excluding hydrogens is 464 g/mol. The van der Waals surface area contributed by atoms with Crippen LogP contribution < -0.4 is 0 Å². The van der Waals surface area contributed by atoms with Crippen molar-refractivity contribution in [3.05, 3.63) is 95.1 Å². The van der Waals surface area contributed by atoms with E-state index in [2.05, 4.69) is 0 Å². The summed E-state index contributed by atoms with van der Waals surface area (Å²) in [5.74, 6) is 0.211. The Bertz CT molecular complexity index is 1130. The molecule has 0 atom stereocenters. The molecule has 0 fully saturated rings. The maximum atomic E-state index is 9.62. The lowest BCUT2D eigenvalue weighted by Gasteiger charge is -2.07. The first-order valence-corrected chi connectivity index (χ1v) is 11.2. The van der Waals surface area contributed by atoms with Crippen LogP contribution in [0.5, 0.6) is 46.0 Å². The van der Waals surface area contributed by atoms with Gasteiger partial charge in [0.2, 0.25) is 0 Å². The Hall–Kier alpha value is -4.72. The van der Waals surface area contributed by atoms with Crippen molar-refractivity contribution in [2.75, 3.05) is 0 Å². The number of hydrogen-bond acceptors (Lipinski definition) is 8. The highest BCUT2D eigenvalue weighted by molar-refractivity contribution is 5.43. The normalized spacial score (nSPS) is 10.4. The highest BCUT2D eigenvalue weighted by Crippen LogP contribution is 2.28. The number of rotatable bonds is 6. The van der Waals surface area contributed by atoms with Crippen molar-refractivity contribution >= 4 is 0 Å². The largest absolute Gasteiger partial charge is 0.508 e. The van der Waals surface area contributed by atoms with Crippen LogP contribution in [0.4, 0.5) is 0 Å². The minimum atomic E-state index is 0.0173. The SMILES string of the molecule is Oc1ccc(CCc2ccc(O)cc2O)c(O)c1.Oc1ccc(CCc2ccc(O)cc2O)c(O)c1. The van der Waals surface area contributed by atoms with Gasteiger partial charge >= 0.3 is 0 Å². The summed E-state index contributed by atoms with van der Waals surface area (Å²) in [5, 5.41) is 75.2. The summed E-state index contributed by atoms with van der Waals surface area (Å²) in [6, 6.07) is 17.7. The van der Waals surface area contributed by atoms with Crippen LogP contribution in [0.25, 0.3) is 0 Å². The third-order valence-electron chi connectivity index (χ3n) is 5.60. The topological polar surface area (TPSA) is 162 Å². The van der Waals surface area contributed by atoms with Crippen LogP contribution in [0.2, 0.25) is 0 Å². The van der Waals surface area contributed by atoms with Crippen molar-refractivity contribution in [3.63, 3.8) is 0 Å². The lowest BCUT2D eigenvalue weighted by atomic mass is 10.0. The quantitative estimate of drug-likeness (QED) is 0.194. The van der Waals surface area contributed by atoms with E-state index in [-0.39, 0.29) is 46.0 Å². The molecule has 36 heavy (non-hydrogen) atoms. The second-order valence-electron chi connectivity index (χ2n) is 8.25. The van der Waals surface area contributed by atoms with Gasteiger partial charge in [-0.25, -0.2) is 0 Å². The van der Waals surface area contributed by atoms with Gasteiger partial charge in [0.05, 0.1) is 0 Å². The van der Waals surface area contributed by atoms with Crippen LogP contribution in [-0.4, -0.2) is 40.9 Å². The maximum absolute atomic E-state index is 9.62. The molecule has 0 heterocycles. The second kappa shape index (κ2) is 11.6. The Morgan fingerprint density at radius 3 is 0.667 bits per heavy atom. The smallest absolute Gasteiger partial charge is 0.122 e. The van der Waals surface area contributed by atoms with Gasteiger partial charge in [0.15, 0.2) is 0 Å². The van der Waals surface area contributed by atoms with Crippen LogP contribution in [0.1, 0.15) is 22.3 Å². The molecule has 0 saturated heterocycles. The molecule has 0 aromatic heterocycles. The van der Waals surface area contributed by atoms with E-state index >= 15 is 0 Å². The van der Waals surface area contributed by atoms with Gasteiger partial charge < -0.3 is 40.9 Å². The molecule has 0 saturated carbocycles. The summed E-state index contributed by atoms with van der Waals surface area (Å²) in [4.78, 5) is 0. The molecule has 0 unspecified atom stereocenters. The van der Waals surface area contributed by atoms with Crippen LogP contribution >= 0.6 is 0 Å². The first-order chi connectivity index (χ1) is 17.1. The number of phenolic OH excluding ortho intramolecular Hbond substituents is 8. The van der Waals surface area contributed by atoms with Crippen LogP contribution in [-0.2, 0) is 25.7 Å². The van der Waals surface area contributed by atoms with Gasteiger partial charge in [-0.1, -0.05) is 24.3 Å². The number of aromatic hydroxyl groups is 8.